The van der Waals surface area contributed by atoms with Crippen molar-refractivity contribution in [2.45, 2.75) is 49.9 Å². The first-order valence-electron chi connectivity index (χ1n) is 7.97. The van der Waals surface area contributed by atoms with E-state index in [1.807, 2.05) is 6.92 Å². The van der Waals surface area contributed by atoms with E-state index in [0.29, 0.717) is 24.2 Å². The van der Waals surface area contributed by atoms with E-state index in [2.05, 4.69) is 6.58 Å². The smallest absolute Gasteiger partial charge is 0.191 e. The van der Waals surface area contributed by atoms with Crippen LogP contribution in [0.1, 0.15) is 32.6 Å². The van der Waals surface area contributed by atoms with Crippen LogP contribution in [0.15, 0.2) is 23.5 Å². The topological polar surface area (TPSA) is 76.0 Å². The molecule has 2 aliphatic carbocycles. The minimum absolute atomic E-state index is 0.0349. The molecule has 0 unspecified atom stereocenters. The van der Waals surface area contributed by atoms with Crippen molar-refractivity contribution in [1.82, 2.24) is 0 Å². The summed E-state index contributed by atoms with van der Waals surface area (Å²) >= 11 is 0. The first-order chi connectivity index (χ1) is 10.4. The summed E-state index contributed by atoms with van der Waals surface area (Å²) in [5.41, 5.74) is -0.153. The number of ether oxygens (including phenoxy) is 2. The van der Waals surface area contributed by atoms with Gasteiger partial charge in [-0.3, -0.25) is 4.79 Å². The van der Waals surface area contributed by atoms with E-state index in [0.717, 1.165) is 18.4 Å². The van der Waals surface area contributed by atoms with E-state index in [-0.39, 0.29) is 30.8 Å². The largest absolute Gasteiger partial charge is 0.488 e. The van der Waals surface area contributed by atoms with Crippen molar-refractivity contribution in [3.05, 3.63) is 23.5 Å². The van der Waals surface area contributed by atoms with Crippen LogP contribution in [0, 0.1) is 11.8 Å². The van der Waals surface area contributed by atoms with Gasteiger partial charge in [-0.1, -0.05) is 6.58 Å². The lowest BCUT2D eigenvalue weighted by Gasteiger charge is -2.45. The molecule has 0 spiro atoms. The lowest BCUT2D eigenvalue weighted by Crippen LogP contribution is -2.49. The third-order valence-corrected chi connectivity index (χ3v) is 6.04. The predicted molar refractivity (Wildman–Crippen MR) is 77.9 cm³/mol. The van der Waals surface area contributed by atoms with Crippen LogP contribution in [0.4, 0.5) is 0 Å². The van der Waals surface area contributed by atoms with Gasteiger partial charge in [-0.05, 0) is 37.7 Å². The van der Waals surface area contributed by atoms with Crippen molar-refractivity contribution in [3.8, 4) is 0 Å². The lowest BCUT2D eigenvalue weighted by atomic mass is 9.72. The molecule has 2 heterocycles. The van der Waals surface area contributed by atoms with Gasteiger partial charge in [0.2, 0.25) is 0 Å². The summed E-state index contributed by atoms with van der Waals surface area (Å²) in [5.74, 6) is 0.683. The SMILES string of the molecule is C=C(CO)[C@@H]1CC[C@@]2(C)OC3=C(C[C@@H]12)C(=O)[C@@H]1C[C@@]3(O)CO1. The minimum Gasteiger partial charge on any atom is -0.488 e. The molecular weight excluding hydrogens is 284 g/mol. The average molecular weight is 306 g/mol. The van der Waals surface area contributed by atoms with Crippen LogP contribution in [-0.2, 0) is 14.3 Å². The number of rotatable bonds is 2. The van der Waals surface area contributed by atoms with Gasteiger partial charge in [-0.2, -0.15) is 0 Å². The van der Waals surface area contributed by atoms with E-state index in [9.17, 15) is 15.0 Å². The summed E-state index contributed by atoms with van der Waals surface area (Å²) in [4.78, 5) is 12.6. The van der Waals surface area contributed by atoms with E-state index in [1.54, 1.807) is 0 Å². The van der Waals surface area contributed by atoms with Gasteiger partial charge in [-0.15, -0.1) is 0 Å². The monoisotopic (exact) mass is 306 g/mol. The fourth-order valence-corrected chi connectivity index (χ4v) is 4.72. The molecule has 120 valence electrons. The minimum atomic E-state index is -1.14. The number of Topliss-reactive ketones (excluding diaryl/α,β-unsaturated/α-hetero) is 1. The first-order valence-corrected chi connectivity index (χ1v) is 7.97. The fourth-order valence-electron chi connectivity index (χ4n) is 4.72. The maximum Gasteiger partial charge on any atom is 0.191 e. The summed E-state index contributed by atoms with van der Waals surface area (Å²) in [6.45, 7) is 6.12. The molecule has 4 rings (SSSR count). The zero-order chi connectivity index (χ0) is 15.7. The van der Waals surface area contributed by atoms with Gasteiger partial charge in [0.1, 0.15) is 23.1 Å². The third kappa shape index (κ3) is 1.73. The van der Waals surface area contributed by atoms with E-state index in [1.165, 1.54) is 0 Å². The van der Waals surface area contributed by atoms with Crippen molar-refractivity contribution in [1.29, 1.82) is 0 Å². The Kier molecular flexibility index (Phi) is 2.91. The Bertz CT molecular complexity index is 594. The van der Waals surface area contributed by atoms with Crippen molar-refractivity contribution in [3.63, 3.8) is 0 Å². The van der Waals surface area contributed by atoms with Crippen molar-refractivity contribution >= 4 is 5.78 Å². The van der Waals surface area contributed by atoms with Gasteiger partial charge in [0.05, 0.1) is 13.2 Å². The van der Waals surface area contributed by atoms with Crippen LogP contribution >= 0.6 is 0 Å². The highest BCUT2D eigenvalue weighted by Crippen LogP contribution is 2.56. The highest BCUT2D eigenvalue weighted by Gasteiger charge is 2.60. The predicted octanol–water partition coefficient (Wildman–Crippen LogP) is 1.10. The summed E-state index contributed by atoms with van der Waals surface area (Å²) in [5, 5.41) is 20.2. The number of hydrogen-bond acceptors (Lipinski definition) is 5. The van der Waals surface area contributed by atoms with Gasteiger partial charge >= 0.3 is 0 Å². The van der Waals surface area contributed by atoms with Gasteiger partial charge in [0.25, 0.3) is 0 Å². The van der Waals surface area contributed by atoms with Crippen LogP contribution in [-0.4, -0.2) is 46.5 Å². The highest BCUT2D eigenvalue weighted by atomic mass is 16.6. The summed E-state index contributed by atoms with van der Waals surface area (Å²) in [6, 6.07) is 0. The van der Waals surface area contributed by atoms with E-state index >= 15 is 0 Å². The third-order valence-electron chi connectivity index (χ3n) is 6.04. The maximum absolute atomic E-state index is 12.6. The van der Waals surface area contributed by atoms with Crippen molar-refractivity contribution < 1.29 is 24.5 Å². The van der Waals surface area contributed by atoms with Gasteiger partial charge in [0, 0.05) is 17.9 Å². The molecule has 2 bridgehead atoms. The van der Waals surface area contributed by atoms with Crippen molar-refractivity contribution in [2.75, 3.05) is 13.2 Å². The molecule has 2 N–H and O–H groups in total. The van der Waals surface area contributed by atoms with Crippen molar-refractivity contribution in [2.24, 2.45) is 11.8 Å². The second-order valence-corrected chi connectivity index (χ2v) is 7.39. The maximum atomic E-state index is 12.6. The Labute approximate surface area is 129 Å². The summed E-state index contributed by atoms with van der Waals surface area (Å²) < 4.78 is 11.7. The Morgan fingerprint density at radius 1 is 1.50 bits per heavy atom. The molecule has 2 aliphatic heterocycles. The molecule has 5 nitrogen and oxygen atoms in total. The number of ketones is 1. The molecule has 5 atom stereocenters. The molecule has 0 aromatic rings. The zero-order valence-corrected chi connectivity index (χ0v) is 12.8. The molecule has 1 saturated carbocycles. The first kappa shape index (κ1) is 14.4. The molecule has 5 heteroatoms. The lowest BCUT2D eigenvalue weighted by molar-refractivity contribution is -0.129. The fraction of sp³-hybridized carbons (Fsp3) is 0.706. The van der Waals surface area contributed by atoms with Gasteiger partial charge in [-0.25, -0.2) is 0 Å². The molecule has 22 heavy (non-hydrogen) atoms. The standard InChI is InChI=1S/C17H22O5/c1-9(7-18)10-3-4-16(2)12(10)5-11-14(19)13-6-17(20,8-21-13)15(11)22-16/h10,12-13,18,20H,1,3-8H2,2H3/t10-,12-,13-,16+,17+/m0/s1. The van der Waals surface area contributed by atoms with Gasteiger partial charge < -0.3 is 19.7 Å². The number of aliphatic hydroxyl groups excluding tert-OH is 1. The number of carbonyl (C=O) groups is 1. The number of hydrogen-bond donors (Lipinski definition) is 2. The normalized spacial score (nSPS) is 46.3. The summed E-state index contributed by atoms with van der Waals surface area (Å²) in [7, 11) is 0. The Morgan fingerprint density at radius 2 is 2.27 bits per heavy atom. The molecule has 0 aromatic heterocycles. The zero-order valence-electron chi connectivity index (χ0n) is 12.8. The molecule has 4 aliphatic rings. The van der Waals surface area contributed by atoms with E-state index in [4.69, 9.17) is 9.47 Å². The molecule has 0 amide bonds. The molecule has 1 saturated heterocycles. The Morgan fingerprint density at radius 3 is 3.00 bits per heavy atom. The molecule has 0 aromatic carbocycles. The van der Waals surface area contributed by atoms with Crippen LogP contribution in [0.2, 0.25) is 0 Å². The second-order valence-electron chi connectivity index (χ2n) is 7.39. The Hall–Kier alpha value is -1.17. The second kappa shape index (κ2) is 4.43. The van der Waals surface area contributed by atoms with E-state index < -0.39 is 17.3 Å². The summed E-state index contributed by atoms with van der Waals surface area (Å²) in [6.07, 6.45) is 2.09. The van der Waals surface area contributed by atoms with Crippen LogP contribution in [0.25, 0.3) is 0 Å². The van der Waals surface area contributed by atoms with Crippen LogP contribution in [0.3, 0.4) is 0 Å². The molecular formula is C17H22O5. The quantitative estimate of drug-likeness (QED) is 0.747. The average Bonchev–Trinajstić information content (AvgIpc) is 3.03. The highest BCUT2D eigenvalue weighted by molar-refractivity contribution is 6.01. The van der Waals surface area contributed by atoms with Crippen LogP contribution in [0.5, 0.6) is 0 Å². The molecule has 2 fully saturated rings. The Balaban J connectivity index is 1.74. The number of fused-ring (bicyclic) bond motifs is 4. The van der Waals surface area contributed by atoms with Crippen LogP contribution < -0.4 is 0 Å². The number of aliphatic hydroxyl groups is 2. The van der Waals surface area contributed by atoms with Gasteiger partial charge in [0.15, 0.2) is 5.78 Å². The molecule has 0 radical (unpaired) electrons. The number of carbonyl (C=O) groups excluding carboxylic acids is 1.